The minimum Gasteiger partial charge on any atom is -0.550 e. The molecule has 0 spiro atoms. The molecule has 0 aromatic heterocycles. The van der Waals surface area contributed by atoms with Crippen molar-refractivity contribution < 1.29 is 14.8 Å². The average Bonchev–Trinajstić information content (AvgIpc) is 2.35. The largest absolute Gasteiger partial charge is 0.550 e. The van der Waals surface area contributed by atoms with Crippen LogP contribution in [0.5, 0.6) is 0 Å². The van der Waals surface area contributed by atoms with Gasteiger partial charge in [0.15, 0.2) is 0 Å². The van der Waals surface area contributed by atoms with E-state index in [1.807, 2.05) is 0 Å². The molecule has 0 aromatic rings. The second kappa shape index (κ2) is 6.43. The molecule has 0 amide bonds. The fourth-order valence-corrected chi connectivity index (χ4v) is 1.07. The monoisotopic (exact) mass is 183 g/mol. The van der Waals surface area contributed by atoms with Crippen molar-refractivity contribution in [1.82, 2.24) is 0 Å². The average molecular weight is 183 g/mol. The van der Waals surface area contributed by atoms with Gasteiger partial charge in [0.1, 0.15) is 6.20 Å². The van der Waals surface area contributed by atoms with Gasteiger partial charge in [-0.15, -0.1) is 0 Å². The molecule has 0 fully saturated rings. The van der Waals surface area contributed by atoms with Crippen molar-refractivity contribution in [1.29, 1.82) is 0 Å². The maximum absolute atomic E-state index is 8.89. The minimum atomic E-state index is -1.08. The van der Waals surface area contributed by atoms with Gasteiger partial charge < -0.3 is 9.90 Å². The van der Waals surface area contributed by atoms with Crippen LogP contribution in [0.2, 0.25) is 0 Å². The van der Waals surface area contributed by atoms with Crippen molar-refractivity contribution >= 4 is 5.97 Å². The molecule has 74 valence electrons. The van der Waals surface area contributed by atoms with E-state index in [2.05, 4.69) is 32.4 Å². The molecule has 3 heteroatoms. The summed E-state index contributed by atoms with van der Waals surface area (Å²) in [4.78, 5) is 10.3. The lowest BCUT2D eigenvalue weighted by Gasteiger charge is -1.93. The maximum atomic E-state index is 8.89. The molecule has 0 radical (unpaired) electrons. The van der Waals surface area contributed by atoms with Crippen LogP contribution in [-0.4, -0.2) is 13.0 Å². The summed E-state index contributed by atoms with van der Waals surface area (Å²) in [5, 5.41) is 8.89. The van der Waals surface area contributed by atoms with E-state index in [1.54, 1.807) is 0 Å². The molecule has 1 rings (SSSR count). The fraction of sp³-hybridized carbons (Fsp3) is 0.500. The third kappa shape index (κ3) is 7.28. The standard InChI is InChI=1S/C8H13N.C2H4O2/c1-3-4-8-5-6-9(2)7-8;1-2(3)4/h5-7H,3-4H2,1-2H3;1H3,(H,3,4). The molecule has 0 saturated carbocycles. The molecule has 3 nitrogen and oxygen atoms in total. The number of carbonyl (C=O) groups is 1. The third-order valence-electron chi connectivity index (χ3n) is 1.51. The van der Waals surface area contributed by atoms with Crippen molar-refractivity contribution in [3.8, 4) is 0 Å². The lowest BCUT2D eigenvalue weighted by atomic mass is 10.2. The predicted octanol–water partition coefficient (Wildman–Crippen LogP) is -0.531. The molecule has 0 saturated heterocycles. The zero-order valence-corrected chi connectivity index (χ0v) is 8.46. The van der Waals surface area contributed by atoms with E-state index in [-0.39, 0.29) is 0 Å². The summed E-state index contributed by atoms with van der Waals surface area (Å²) in [6.07, 6.45) is 9.12. The Hall–Kier alpha value is -1.09. The van der Waals surface area contributed by atoms with E-state index in [9.17, 15) is 0 Å². The highest BCUT2D eigenvalue weighted by Gasteiger charge is 2.03. The van der Waals surface area contributed by atoms with E-state index < -0.39 is 5.97 Å². The number of rotatable bonds is 2. The van der Waals surface area contributed by atoms with Gasteiger partial charge in [0.25, 0.3) is 0 Å². The number of hydrogen-bond donors (Lipinski definition) is 1. The summed E-state index contributed by atoms with van der Waals surface area (Å²) < 4.78 is 0. The Kier molecular flexibility index (Phi) is 5.89. The summed E-state index contributed by atoms with van der Waals surface area (Å²) in [5.74, 6) is -1.08. The third-order valence-corrected chi connectivity index (χ3v) is 1.51. The van der Waals surface area contributed by atoms with Crippen molar-refractivity contribution in [2.75, 3.05) is 7.05 Å². The lowest BCUT2D eigenvalue weighted by molar-refractivity contribution is -0.763. The first kappa shape index (κ1) is 11.9. The van der Waals surface area contributed by atoms with E-state index in [0.717, 1.165) is 6.92 Å². The zero-order chi connectivity index (χ0) is 10.3. The van der Waals surface area contributed by atoms with Crippen molar-refractivity contribution in [2.45, 2.75) is 26.7 Å². The molecule has 0 aliphatic carbocycles. The number of carbonyl (C=O) groups excluding carboxylic acids is 1. The Morgan fingerprint density at radius 2 is 2.15 bits per heavy atom. The van der Waals surface area contributed by atoms with Gasteiger partial charge in [-0.25, -0.2) is 0 Å². The molecule has 1 N–H and O–H groups in total. The highest BCUT2D eigenvalue weighted by molar-refractivity contribution is 5.60. The molecular formula is C10H17NO2. The molecule has 13 heavy (non-hydrogen) atoms. The van der Waals surface area contributed by atoms with Crippen molar-refractivity contribution in [2.24, 2.45) is 0 Å². The predicted molar refractivity (Wildman–Crippen MR) is 49.7 cm³/mol. The molecule has 1 aliphatic heterocycles. The van der Waals surface area contributed by atoms with Gasteiger partial charge in [0, 0.05) is 17.6 Å². The Balaban J connectivity index is 0.000000310. The summed E-state index contributed by atoms with van der Waals surface area (Å²) in [5.41, 5.74) is 1.48. The summed E-state index contributed by atoms with van der Waals surface area (Å²) in [6, 6.07) is 0. The summed E-state index contributed by atoms with van der Waals surface area (Å²) in [6.45, 7) is 3.18. The van der Waals surface area contributed by atoms with Crippen LogP contribution in [0.3, 0.4) is 0 Å². The van der Waals surface area contributed by atoms with Crippen molar-refractivity contribution in [3.05, 3.63) is 24.0 Å². The fourth-order valence-electron chi connectivity index (χ4n) is 1.07. The molecule has 0 bridgehead atoms. The minimum absolute atomic E-state index is 0.972. The number of allylic oxidation sites excluding steroid dienone is 2. The number of nitrogens with one attached hydrogen (secondary N) is 1. The highest BCUT2D eigenvalue weighted by Crippen LogP contribution is 2.05. The molecule has 1 heterocycles. The smallest absolute Gasteiger partial charge is 0.102 e. The molecule has 1 atom stereocenters. The second-order valence-electron chi connectivity index (χ2n) is 3.04. The number of hydrogen-bond acceptors (Lipinski definition) is 2. The maximum Gasteiger partial charge on any atom is 0.102 e. The van der Waals surface area contributed by atoms with E-state index in [4.69, 9.17) is 9.90 Å². The van der Waals surface area contributed by atoms with Gasteiger partial charge in [0.05, 0.1) is 13.2 Å². The van der Waals surface area contributed by atoms with Crippen LogP contribution in [0.1, 0.15) is 26.7 Å². The van der Waals surface area contributed by atoms with Gasteiger partial charge in [-0.2, -0.15) is 0 Å². The summed E-state index contributed by atoms with van der Waals surface area (Å²) in [7, 11) is 2.14. The topological polar surface area (TPSA) is 44.6 Å². The quantitative estimate of drug-likeness (QED) is 0.625. The van der Waals surface area contributed by atoms with E-state index in [0.29, 0.717) is 0 Å². The Morgan fingerprint density at radius 3 is 2.46 bits per heavy atom. The number of carboxylic acid groups (broad SMARTS) is 1. The Labute approximate surface area is 79.4 Å². The van der Waals surface area contributed by atoms with Crippen LogP contribution >= 0.6 is 0 Å². The van der Waals surface area contributed by atoms with Crippen LogP contribution in [0.4, 0.5) is 0 Å². The second-order valence-corrected chi connectivity index (χ2v) is 3.04. The zero-order valence-electron chi connectivity index (χ0n) is 8.46. The number of carboxylic acids is 1. The van der Waals surface area contributed by atoms with Crippen LogP contribution in [0.25, 0.3) is 0 Å². The number of aliphatic carboxylic acids is 1. The van der Waals surface area contributed by atoms with Crippen LogP contribution in [-0.2, 0) is 4.79 Å². The first-order valence-corrected chi connectivity index (χ1v) is 4.46. The Bertz CT molecular complexity index is 215. The molecule has 0 aromatic carbocycles. The van der Waals surface area contributed by atoms with Crippen molar-refractivity contribution in [3.63, 3.8) is 0 Å². The molecular weight excluding hydrogens is 166 g/mol. The van der Waals surface area contributed by atoms with E-state index in [1.165, 1.54) is 23.3 Å². The van der Waals surface area contributed by atoms with Gasteiger partial charge in [-0.05, 0) is 13.3 Å². The number of quaternary nitrogens is 1. The SMILES string of the molecule is CC(=O)[O-].CCCC1=C[NH+](C)C=C1. The van der Waals surface area contributed by atoms with Gasteiger partial charge in [0.2, 0.25) is 0 Å². The van der Waals surface area contributed by atoms with Gasteiger partial charge in [-0.3, -0.25) is 4.90 Å². The Morgan fingerprint density at radius 1 is 1.62 bits per heavy atom. The van der Waals surface area contributed by atoms with Crippen LogP contribution in [0.15, 0.2) is 24.0 Å². The van der Waals surface area contributed by atoms with Crippen LogP contribution in [0, 0.1) is 0 Å². The highest BCUT2D eigenvalue weighted by atomic mass is 16.4. The van der Waals surface area contributed by atoms with Gasteiger partial charge >= 0.3 is 0 Å². The first-order chi connectivity index (χ1) is 6.06. The summed E-state index contributed by atoms with van der Waals surface area (Å²) >= 11 is 0. The lowest BCUT2D eigenvalue weighted by Crippen LogP contribution is -2.98. The normalized spacial score (nSPS) is 19.0. The van der Waals surface area contributed by atoms with Gasteiger partial charge in [-0.1, -0.05) is 13.3 Å². The van der Waals surface area contributed by atoms with Crippen LogP contribution < -0.4 is 10.0 Å². The molecule has 1 unspecified atom stereocenters. The first-order valence-electron chi connectivity index (χ1n) is 4.46. The molecule has 1 aliphatic rings. The van der Waals surface area contributed by atoms with E-state index >= 15 is 0 Å².